The smallest absolute Gasteiger partial charge is 0.407 e. The van der Waals surface area contributed by atoms with E-state index < -0.39 is 11.7 Å². The molecular formula is C24H27ClN6O2. The van der Waals surface area contributed by atoms with Crippen LogP contribution in [0.1, 0.15) is 39.2 Å². The molecule has 3 aromatic rings. The number of nitriles is 1. The fourth-order valence-electron chi connectivity index (χ4n) is 4.07. The molecule has 33 heavy (non-hydrogen) atoms. The summed E-state index contributed by atoms with van der Waals surface area (Å²) in [5.41, 5.74) is 2.40. The topological polar surface area (TPSA) is 96.1 Å². The normalized spacial score (nSPS) is 14.8. The Morgan fingerprint density at radius 3 is 2.67 bits per heavy atom. The second-order valence-corrected chi connectivity index (χ2v) is 9.61. The molecule has 4 rings (SSSR count). The van der Waals surface area contributed by atoms with E-state index >= 15 is 0 Å². The first-order valence-corrected chi connectivity index (χ1v) is 11.3. The van der Waals surface area contributed by atoms with Crippen LogP contribution in [-0.2, 0) is 11.8 Å². The van der Waals surface area contributed by atoms with Crippen LogP contribution in [0.3, 0.4) is 0 Å². The minimum atomic E-state index is -0.525. The third-order valence-electron chi connectivity index (χ3n) is 5.66. The van der Waals surface area contributed by atoms with Crippen molar-refractivity contribution in [2.24, 2.45) is 7.05 Å². The largest absolute Gasteiger partial charge is 0.444 e. The highest BCUT2D eigenvalue weighted by molar-refractivity contribution is 6.32. The van der Waals surface area contributed by atoms with E-state index in [1.807, 2.05) is 46.0 Å². The number of hydrogen-bond acceptors (Lipinski definition) is 6. The molecule has 1 N–H and O–H groups in total. The van der Waals surface area contributed by atoms with Gasteiger partial charge in [0, 0.05) is 37.1 Å². The van der Waals surface area contributed by atoms with Gasteiger partial charge >= 0.3 is 6.09 Å². The Morgan fingerprint density at radius 1 is 1.27 bits per heavy atom. The molecule has 0 atom stereocenters. The van der Waals surface area contributed by atoms with Crippen LogP contribution in [0.4, 0.5) is 10.6 Å². The number of carbonyl (C=O) groups excluding carboxylic acids is 1. The van der Waals surface area contributed by atoms with Crippen molar-refractivity contribution in [3.8, 4) is 17.2 Å². The average Bonchev–Trinajstić information content (AvgIpc) is 3.12. The van der Waals surface area contributed by atoms with Gasteiger partial charge in [-0.15, -0.1) is 0 Å². The van der Waals surface area contributed by atoms with Crippen LogP contribution in [0.15, 0.2) is 30.5 Å². The standard InChI is InChI=1S/C24H27ClN6O2/c1-24(2,3)33-23(32)28-18-7-9-31(10-8-18)20-12-16(13-26)21(22(25)29-20)15-5-6-19-17(11-15)14-27-30(19)4/h5-6,11-12,14,18H,7-10H2,1-4H3,(H,28,32). The number of alkyl carbamates (subject to hydrolysis) is 1. The highest BCUT2D eigenvalue weighted by atomic mass is 35.5. The predicted octanol–water partition coefficient (Wildman–Crippen LogP) is 4.65. The summed E-state index contributed by atoms with van der Waals surface area (Å²) in [6.07, 6.45) is 2.89. The molecule has 1 amide bonds. The number of anilines is 1. The number of benzene rings is 1. The lowest BCUT2D eigenvalue weighted by Crippen LogP contribution is -2.46. The van der Waals surface area contributed by atoms with E-state index in [-0.39, 0.29) is 6.04 Å². The Kier molecular flexibility index (Phi) is 6.17. The van der Waals surface area contributed by atoms with Crippen LogP contribution in [0.2, 0.25) is 5.15 Å². The zero-order valence-corrected chi connectivity index (χ0v) is 20.0. The number of hydrogen-bond donors (Lipinski definition) is 1. The zero-order valence-electron chi connectivity index (χ0n) is 19.2. The number of halogens is 1. The van der Waals surface area contributed by atoms with E-state index in [9.17, 15) is 10.1 Å². The van der Waals surface area contributed by atoms with Gasteiger partial charge in [-0.1, -0.05) is 17.7 Å². The molecule has 1 aromatic carbocycles. The summed E-state index contributed by atoms with van der Waals surface area (Å²) in [7, 11) is 1.89. The molecule has 172 valence electrons. The third-order valence-corrected chi connectivity index (χ3v) is 5.93. The van der Waals surface area contributed by atoms with Gasteiger partial charge < -0.3 is 15.0 Å². The predicted molar refractivity (Wildman–Crippen MR) is 128 cm³/mol. The molecule has 0 aliphatic carbocycles. The molecule has 0 unspecified atom stereocenters. The van der Waals surface area contributed by atoms with E-state index in [1.54, 1.807) is 16.9 Å². The average molecular weight is 467 g/mol. The molecule has 0 radical (unpaired) electrons. The first kappa shape index (κ1) is 22.9. The van der Waals surface area contributed by atoms with Gasteiger partial charge in [0.2, 0.25) is 0 Å². The molecule has 0 bridgehead atoms. The molecular weight excluding hydrogens is 440 g/mol. The maximum Gasteiger partial charge on any atom is 0.407 e. The fraction of sp³-hybridized carbons (Fsp3) is 0.417. The molecule has 9 heteroatoms. The van der Waals surface area contributed by atoms with Gasteiger partial charge in [-0.3, -0.25) is 4.68 Å². The highest BCUT2D eigenvalue weighted by Crippen LogP contribution is 2.34. The number of ether oxygens (including phenoxy) is 1. The first-order valence-electron chi connectivity index (χ1n) is 10.9. The second kappa shape index (κ2) is 8.91. The van der Waals surface area contributed by atoms with E-state index in [0.29, 0.717) is 35.2 Å². The lowest BCUT2D eigenvalue weighted by molar-refractivity contribution is 0.0497. The fourth-order valence-corrected chi connectivity index (χ4v) is 4.37. The Bertz CT molecular complexity index is 1230. The lowest BCUT2D eigenvalue weighted by Gasteiger charge is -2.33. The van der Waals surface area contributed by atoms with Gasteiger partial charge in [-0.25, -0.2) is 9.78 Å². The first-order chi connectivity index (χ1) is 15.6. The minimum absolute atomic E-state index is 0.0347. The van der Waals surface area contributed by atoms with Crippen molar-refractivity contribution in [2.45, 2.75) is 45.3 Å². The number of carbonyl (C=O) groups is 1. The van der Waals surface area contributed by atoms with Gasteiger partial charge in [-0.2, -0.15) is 10.4 Å². The monoisotopic (exact) mass is 466 g/mol. The highest BCUT2D eigenvalue weighted by Gasteiger charge is 2.25. The van der Waals surface area contributed by atoms with Crippen LogP contribution in [0, 0.1) is 11.3 Å². The number of nitrogens with one attached hydrogen (secondary N) is 1. The molecule has 1 saturated heterocycles. The molecule has 1 aliphatic rings. The molecule has 3 heterocycles. The number of amides is 1. The summed E-state index contributed by atoms with van der Waals surface area (Å²) < 4.78 is 7.15. The maximum absolute atomic E-state index is 12.0. The molecule has 1 aliphatic heterocycles. The van der Waals surface area contributed by atoms with Crippen molar-refractivity contribution in [3.05, 3.63) is 41.2 Å². The summed E-state index contributed by atoms with van der Waals surface area (Å²) in [4.78, 5) is 18.7. The summed E-state index contributed by atoms with van der Waals surface area (Å²) in [5.74, 6) is 0.665. The Labute approximate surface area is 198 Å². The number of fused-ring (bicyclic) bond motifs is 1. The van der Waals surface area contributed by atoms with Crippen molar-refractivity contribution in [1.29, 1.82) is 5.26 Å². The van der Waals surface area contributed by atoms with Crippen LogP contribution < -0.4 is 10.2 Å². The number of nitrogens with zero attached hydrogens (tertiary/aromatic N) is 5. The van der Waals surface area contributed by atoms with E-state index in [1.165, 1.54) is 0 Å². The second-order valence-electron chi connectivity index (χ2n) is 9.25. The van der Waals surface area contributed by atoms with Crippen LogP contribution in [-0.4, -0.2) is 45.6 Å². The summed E-state index contributed by atoms with van der Waals surface area (Å²) >= 11 is 6.60. The Morgan fingerprint density at radius 2 is 2.00 bits per heavy atom. The van der Waals surface area contributed by atoms with E-state index in [0.717, 1.165) is 29.3 Å². The number of pyridine rings is 1. The summed E-state index contributed by atoms with van der Waals surface area (Å²) in [6.45, 7) is 6.91. The number of piperidine rings is 1. The number of aromatic nitrogens is 3. The van der Waals surface area contributed by atoms with E-state index in [2.05, 4.69) is 26.4 Å². The Balaban J connectivity index is 1.50. The van der Waals surface area contributed by atoms with Gasteiger partial charge in [0.25, 0.3) is 0 Å². The van der Waals surface area contributed by atoms with Gasteiger partial charge in [0.05, 0.1) is 17.3 Å². The molecule has 0 spiro atoms. The van der Waals surface area contributed by atoms with Crippen molar-refractivity contribution in [3.63, 3.8) is 0 Å². The van der Waals surface area contributed by atoms with Crippen molar-refractivity contribution in [1.82, 2.24) is 20.1 Å². The Hall–Kier alpha value is -3.31. The molecule has 8 nitrogen and oxygen atoms in total. The molecule has 2 aromatic heterocycles. The summed E-state index contributed by atoms with van der Waals surface area (Å²) in [6, 6.07) is 9.97. The third kappa shape index (κ3) is 5.04. The minimum Gasteiger partial charge on any atom is -0.444 e. The van der Waals surface area contributed by atoms with Crippen molar-refractivity contribution >= 4 is 34.4 Å². The van der Waals surface area contributed by atoms with Gasteiger partial charge in [0.15, 0.2) is 0 Å². The van der Waals surface area contributed by atoms with Crippen LogP contribution >= 0.6 is 11.6 Å². The lowest BCUT2D eigenvalue weighted by atomic mass is 10.0. The van der Waals surface area contributed by atoms with Crippen LogP contribution in [0.5, 0.6) is 0 Å². The SMILES string of the molecule is Cn1ncc2cc(-c3c(C#N)cc(N4CCC(NC(=O)OC(C)(C)C)CC4)nc3Cl)ccc21. The van der Waals surface area contributed by atoms with Gasteiger partial charge in [0.1, 0.15) is 22.6 Å². The maximum atomic E-state index is 12.0. The van der Waals surface area contributed by atoms with Gasteiger partial charge in [-0.05, 0) is 57.4 Å². The molecule has 0 saturated carbocycles. The number of aryl methyl sites for hydroxylation is 1. The molecule has 1 fully saturated rings. The van der Waals surface area contributed by atoms with Crippen molar-refractivity contribution < 1.29 is 9.53 Å². The number of rotatable bonds is 3. The summed E-state index contributed by atoms with van der Waals surface area (Å²) in [5, 5.41) is 18.3. The quantitative estimate of drug-likeness (QED) is 0.564. The van der Waals surface area contributed by atoms with E-state index in [4.69, 9.17) is 16.3 Å². The van der Waals surface area contributed by atoms with Crippen molar-refractivity contribution in [2.75, 3.05) is 18.0 Å². The zero-order chi connectivity index (χ0) is 23.8. The van der Waals surface area contributed by atoms with Crippen LogP contribution in [0.25, 0.3) is 22.0 Å².